The van der Waals surface area contributed by atoms with Crippen LogP contribution < -0.4 is 5.32 Å². The Kier molecular flexibility index (Phi) is 4.63. The van der Waals surface area contributed by atoms with E-state index in [1.807, 2.05) is 37.3 Å². The summed E-state index contributed by atoms with van der Waals surface area (Å²) in [5.74, 6) is 0.642. The van der Waals surface area contributed by atoms with E-state index in [2.05, 4.69) is 31.2 Å². The maximum absolute atomic E-state index is 10.2. The lowest BCUT2D eigenvalue weighted by atomic mass is 10.1. The standard InChI is InChI=1S/C15H13BrClN3OS/c1-8-11(16)12-13(22-8)14(20-15(17)19-12)18-7-10(21)9-5-3-2-4-6-9/h2-6,10,21H,7H2,1H3,(H,18,19,20)/t10-/m0/s1. The highest BCUT2D eigenvalue weighted by atomic mass is 79.9. The third-order valence-electron chi connectivity index (χ3n) is 3.26. The molecule has 0 amide bonds. The van der Waals surface area contributed by atoms with Gasteiger partial charge in [0.1, 0.15) is 11.3 Å². The van der Waals surface area contributed by atoms with Gasteiger partial charge in [0.15, 0.2) is 0 Å². The van der Waals surface area contributed by atoms with E-state index in [0.29, 0.717) is 12.4 Å². The number of thiophene rings is 1. The Hall–Kier alpha value is -1.21. The van der Waals surface area contributed by atoms with Crippen molar-refractivity contribution in [2.45, 2.75) is 13.0 Å². The van der Waals surface area contributed by atoms with E-state index >= 15 is 0 Å². The van der Waals surface area contributed by atoms with Gasteiger partial charge in [-0.05, 0) is 40.0 Å². The fraction of sp³-hybridized carbons (Fsp3) is 0.200. The van der Waals surface area contributed by atoms with Gasteiger partial charge in [-0.2, -0.15) is 4.98 Å². The first-order valence-electron chi connectivity index (χ1n) is 6.65. The molecule has 0 fully saturated rings. The molecule has 7 heteroatoms. The summed E-state index contributed by atoms with van der Waals surface area (Å²) in [5, 5.41) is 13.6. The number of hydrogen-bond donors (Lipinski definition) is 2. The number of aliphatic hydroxyl groups is 1. The lowest BCUT2D eigenvalue weighted by Crippen LogP contribution is -2.13. The number of aromatic nitrogens is 2. The minimum absolute atomic E-state index is 0.183. The molecule has 0 bridgehead atoms. The summed E-state index contributed by atoms with van der Waals surface area (Å²) < 4.78 is 1.86. The SMILES string of the molecule is Cc1sc2c(NC[C@H](O)c3ccccc3)nc(Cl)nc2c1Br. The number of benzene rings is 1. The predicted molar refractivity (Wildman–Crippen MR) is 94.8 cm³/mol. The van der Waals surface area contributed by atoms with Gasteiger partial charge in [-0.3, -0.25) is 0 Å². The fourth-order valence-electron chi connectivity index (χ4n) is 2.14. The highest BCUT2D eigenvalue weighted by molar-refractivity contribution is 9.10. The van der Waals surface area contributed by atoms with Crippen LogP contribution in [0, 0.1) is 6.92 Å². The summed E-state index contributed by atoms with van der Waals surface area (Å²) in [6, 6.07) is 9.50. The normalized spacial score (nSPS) is 12.5. The molecule has 2 aromatic heterocycles. The third kappa shape index (κ3) is 3.10. The van der Waals surface area contributed by atoms with Crippen molar-refractivity contribution in [1.82, 2.24) is 9.97 Å². The third-order valence-corrected chi connectivity index (χ3v) is 5.76. The van der Waals surface area contributed by atoms with Crippen LogP contribution in [0.25, 0.3) is 10.2 Å². The van der Waals surface area contributed by atoms with Gasteiger partial charge in [0.05, 0.1) is 15.3 Å². The Morgan fingerprint density at radius 1 is 1.32 bits per heavy atom. The van der Waals surface area contributed by atoms with Crippen molar-refractivity contribution in [3.8, 4) is 0 Å². The van der Waals surface area contributed by atoms with E-state index in [-0.39, 0.29) is 5.28 Å². The summed E-state index contributed by atoms with van der Waals surface area (Å²) in [6.07, 6.45) is -0.616. The second kappa shape index (κ2) is 6.50. The molecule has 4 nitrogen and oxygen atoms in total. The Labute approximate surface area is 145 Å². The molecule has 2 N–H and O–H groups in total. The number of anilines is 1. The predicted octanol–water partition coefficient (Wildman–Crippen LogP) is 4.56. The molecular formula is C15H13BrClN3OS. The molecule has 3 aromatic rings. The van der Waals surface area contributed by atoms with Gasteiger partial charge in [-0.25, -0.2) is 4.98 Å². The van der Waals surface area contributed by atoms with Crippen LogP contribution in [0.1, 0.15) is 16.5 Å². The minimum atomic E-state index is -0.616. The second-order valence-corrected chi connectivity index (χ2v) is 7.15. The van der Waals surface area contributed by atoms with Crippen molar-refractivity contribution in [2.75, 3.05) is 11.9 Å². The second-order valence-electron chi connectivity index (χ2n) is 4.80. The number of aryl methyl sites for hydroxylation is 1. The molecule has 2 heterocycles. The van der Waals surface area contributed by atoms with Gasteiger partial charge < -0.3 is 10.4 Å². The lowest BCUT2D eigenvalue weighted by molar-refractivity contribution is 0.191. The Morgan fingerprint density at radius 3 is 2.77 bits per heavy atom. The number of fused-ring (bicyclic) bond motifs is 1. The first-order chi connectivity index (χ1) is 10.6. The highest BCUT2D eigenvalue weighted by Gasteiger charge is 2.15. The topological polar surface area (TPSA) is 58.0 Å². The Balaban J connectivity index is 1.86. The van der Waals surface area contributed by atoms with Gasteiger partial charge in [-0.15, -0.1) is 11.3 Å². The van der Waals surface area contributed by atoms with Crippen molar-refractivity contribution in [1.29, 1.82) is 0 Å². The van der Waals surface area contributed by atoms with Crippen LogP contribution in [-0.2, 0) is 0 Å². The van der Waals surface area contributed by atoms with Crippen molar-refractivity contribution in [3.63, 3.8) is 0 Å². The summed E-state index contributed by atoms with van der Waals surface area (Å²) in [4.78, 5) is 9.61. The van der Waals surface area contributed by atoms with Crippen molar-refractivity contribution in [3.05, 3.63) is 50.5 Å². The Bertz CT molecular complexity index is 809. The number of nitrogens with one attached hydrogen (secondary N) is 1. The van der Waals surface area contributed by atoms with Crippen LogP contribution in [0.5, 0.6) is 0 Å². The lowest BCUT2D eigenvalue weighted by Gasteiger charge is -2.13. The quantitative estimate of drug-likeness (QED) is 0.633. The average molecular weight is 399 g/mol. The van der Waals surface area contributed by atoms with Gasteiger partial charge in [0.25, 0.3) is 0 Å². The average Bonchev–Trinajstić information content (AvgIpc) is 2.81. The van der Waals surface area contributed by atoms with Gasteiger partial charge >= 0.3 is 0 Å². The summed E-state index contributed by atoms with van der Waals surface area (Å²) >= 11 is 11.1. The van der Waals surface area contributed by atoms with Crippen molar-refractivity contribution in [2.24, 2.45) is 0 Å². The van der Waals surface area contributed by atoms with Gasteiger partial charge in [-0.1, -0.05) is 30.3 Å². The largest absolute Gasteiger partial charge is 0.387 e. The molecule has 0 aliphatic rings. The number of aliphatic hydroxyl groups excluding tert-OH is 1. The zero-order chi connectivity index (χ0) is 15.7. The minimum Gasteiger partial charge on any atom is -0.387 e. The fourth-order valence-corrected chi connectivity index (χ4v) is 3.92. The van der Waals surface area contributed by atoms with E-state index in [4.69, 9.17) is 11.6 Å². The maximum atomic E-state index is 10.2. The van der Waals surface area contributed by atoms with Crippen molar-refractivity contribution < 1.29 is 5.11 Å². The van der Waals surface area contributed by atoms with E-state index in [1.165, 1.54) is 0 Å². The number of nitrogens with zero attached hydrogens (tertiary/aromatic N) is 2. The molecule has 0 aliphatic carbocycles. The zero-order valence-corrected chi connectivity index (χ0v) is 14.8. The molecule has 0 radical (unpaired) electrons. The van der Waals surface area contributed by atoms with Gasteiger partial charge in [0.2, 0.25) is 5.28 Å². The van der Waals surface area contributed by atoms with Gasteiger partial charge in [0, 0.05) is 11.4 Å². The van der Waals surface area contributed by atoms with Crippen LogP contribution in [0.3, 0.4) is 0 Å². The molecule has 0 saturated carbocycles. The molecule has 1 atom stereocenters. The summed E-state index contributed by atoms with van der Waals surface area (Å²) in [6.45, 7) is 2.36. The molecule has 1 aromatic carbocycles. The first-order valence-corrected chi connectivity index (χ1v) is 8.64. The molecule has 0 aliphatic heterocycles. The van der Waals surface area contributed by atoms with Crippen LogP contribution in [0.15, 0.2) is 34.8 Å². The monoisotopic (exact) mass is 397 g/mol. The molecule has 0 unspecified atom stereocenters. The first kappa shape index (κ1) is 15.7. The maximum Gasteiger partial charge on any atom is 0.225 e. The van der Waals surface area contributed by atoms with Crippen LogP contribution in [0.4, 0.5) is 5.82 Å². The molecule has 3 rings (SSSR count). The molecule has 114 valence electrons. The molecular weight excluding hydrogens is 386 g/mol. The van der Waals surface area contributed by atoms with E-state index in [9.17, 15) is 5.11 Å². The zero-order valence-electron chi connectivity index (χ0n) is 11.7. The number of halogens is 2. The number of hydrogen-bond acceptors (Lipinski definition) is 5. The summed E-state index contributed by atoms with van der Waals surface area (Å²) in [5.41, 5.74) is 1.65. The molecule has 0 saturated heterocycles. The highest BCUT2D eigenvalue weighted by Crippen LogP contribution is 2.37. The Morgan fingerprint density at radius 2 is 2.05 bits per heavy atom. The van der Waals surface area contributed by atoms with Crippen molar-refractivity contribution >= 4 is 54.9 Å². The van der Waals surface area contributed by atoms with Crippen LogP contribution >= 0.6 is 38.9 Å². The summed E-state index contributed by atoms with van der Waals surface area (Å²) in [7, 11) is 0. The van der Waals surface area contributed by atoms with E-state index in [0.717, 1.165) is 25.1 Å². The van der Waals surface area contributed by atoms with Crippen LogP contribution in [-0.4, -0.2) is 21.6 Å². The van der Waals surface area contributed by atoms with E-state index < -0.39 is 6.10 Å². The van der Waals surface area contributed by atoms with E-state index in [1.54, 1.807) is 11.3 Å². The molecule has 22 heavy (non-hydrogen) atoms. The molecule has 0 spiro atoms. The van der Waals surface area contributed by atoms with Crippen LogP contribution in [0.2, 0.25) is 5.28 Å². The number of rotatable bonds is 4. The smallest absolute Gasteiger partial charge is 0.225 e.